The smallest absolute Gasteiger partial charge is 0.282 e. The van der Waals surface area contributed by atoms with Crippen molar-refractivity contribution < 1.29 is 14.4 Å². The summed E-state index contributed by atoms with van der Waals surface area (Å²) in [5.74, 6) is 0.915. The number of carbonyl (C=O) groups is 1. The summed E-state index contributed by atoms with van der Waals surface area (Å²) < 4.78 is 5.46. The zero-order chi connectivity index (χ0) is 18.2. The van der Waals surface area contributed by atoms with E-state index in [0.29, 0.717) is 6.61 Å². The van der Waals surface area contributed by atoms with E-state index in [0.717, 1.165) is 29.3 Å². The summed E-state index contributed by atoms with van der Waals surface area (Å²) in [6.07, 6.45) is 1.000. The molecule has 2 N–H and O–H groups in total. The Labute approximate surface area is 150 Å². The maximum Gasteiger partial charge on any atom is 0.282 e. The van der Waals surface area contributed by atoms with Crippen LogP contribution in [0.2, 0.25) is 0 Å². The molecule has 0 radical (unpaired) electrons. The van der Waals surface area contributed by atoms with Gasteiger partial charge in [0, 0.05) is 11.3 Å². The van der Waals surface area contributed by atoms with Gasteiger partial charge in [-0.25, -0.2) is 0 Å². The van der Waals surface area contributed by atoms with E-state index in [-0.39, 0.29) is 11.9 Å². The van der Waals surface area contributed by atoms with E-state index in [1.165, 1.54) is 11.1 Å². The topological polar surface area (TPSA) is 42.8 Å². The van der Waals surface area contributed by atoms with E-state index >= 15 is 0 Å². The maximum atomic E-state index is 12.5. The lowest BCUT2D eigenvalue weighted by atomic mass is 10.1. The zero-order valence-electron chi connectivity index (χ0n) is 15.6. The van der Waals surface area contributed by atoms with Gasteiger partial charge in [-0.3, -0.25) is 4.79 Å². The lowest BCUT2D eigenvalue weighted by molar-refractivity contribution is -0.907. The number of amides is 1. The average Bonchev–Trinajstić information content (AvgIpc) is 2.63. The Balaban J connectivity index is 1.91. The van der Waals surface area contributed by atoms with Gasteiger partial charge < -0.3 is 15.0 Å². The van der Waals surface area contributed by atoms with Gasteiger partial charge in [-0.05, 0) is 62.2 Å². The Morgan fingerprint density at radius 1 is 1.04 bits per heavy atom. The molecule has 0 aliphatic heterocycles. The van der Waals surface area contributed by atoms with Crippen LogP contribution in [0, 0.1) is 0 Å². The molecule has 0 saturated carbocycles. The van der Waals surface area contributed by atoms with Gasteiger partial charge in [-0.1, -0.05) is 19.1 Å². The third kappa shape index (κ3) is 5.61. The van der Waals surface area contributed by atoms with Gasteiger partial charge in [-0.2, -0.15) is 0 Å². The molecule has 1 unspecified atom stereocenters. The van der Waals surface area contributed by atoms with E-state index in [2.05, 4.69) is 36.5 Å². The number of benzene rings is 2. The number of quaternary nitrogens is 1. The molecule has 25 heavy (non-hydrogen) atoms. The highest BCUT2D eigenvalue weighted by Gasteiger charge is 2.22. The number of aryl methyl sites for hydroxylation is 1. The minimum Gasteiger partial charge on any atom is -0.494 e. The Morgan fingerprint density at radius 2 is 1.64 bits per heavy atom. The first-order chi connectivity index (χ1) is 12.0. The minimum atomic E-state index is -0.141. The molecule has 0 bridgehead atoms. The van der Waals surface area contributed by atoms with Gasteiger partial charge >= 0.3 is 0 Å². The fourth-order valence-electron chi connectivity index (χ4n) is 2.64. The molecule has 0 spiro atoms. The number of nitrogens with one attached hydrogen (secondary N) is 2. The number of hydrogen-bond acceptors (Lipinski definition) is 2. The molecule has 4 nitrogen and oxygen atoms in total. The normalized spacial score (nSPS) is 13.1. The highest BCUT2D eigenvalue weighted by atomic mass is 16.5. The second kappa shape index (κ2) is 9.23. The number of ether oxygens (including phenoxy) is 1. The molecule has 2 atom stereocenters. The summed E-state index contributed by atoms with van der Waals surface area (Å²) in [5.41, 5.74) is 3.31. The molecular formula is C21H29N2O2+. The summed E-state index contributed by atoms with van der Waals surface area (Å²) in [4.78, 5) is 13.6. The zero-order valence-corrected chi connectivity index (χ0v) is 15.6. The molecule has 2 aromatic carbocycles. The van der Waals surface area contributed by atoms with Crippen LogP contribution in [0.3, 0.4) is 0 Å². The van der Waals surface area contributed by atoms with Crippen molar-refractivity contribution in [3.05, 3.63) is 59.7 Å². The molecule has 0 aliphatic rings. The molecule has 0 fully saturated rings. The summed E-state index contributed by atoms with van der Waals surface area (Å²) in [5, 5.41) is 3.01. The molecule has 0 heterocycles. The minimum absolute atomic E-state index is 0.0349. The predicted octanol–water partition coefficient (Wildman–Crippen LogP) is 2.69. The van der Waals surface area contributed by atoms with Crippen molar-refractivity contribution in [2.45, 2.75) is 39.8 Å². The quantitative estimate of drug-likeness (QED) is 0.775. The Kier molecular flexibility index (Phi) is 7.02. The van der Waals surface area contributed by atoms with Crippen LogP contribution in [-0.4, -0.2) is 25.6 Å². The highest BCUT2D eigenvalue weighted by molar-refractivity contribution is 5.93. The van der Waals surface area contributed by atoms with Crippen molar-refractivity contribution in [1.29, 1.82) is 0 Å². The van der Waals surface area contributed by atoms with Crippen molar-refractivity contribution in [3.63, 3.8) is 0 Å². The molecule has 0 saturated heterocycles. The summed E-state index contributed by atoms with van der Waals surface area (Å²) >= 11 is 0. The Morgan fingerprint density at radius 3 is 2.20 bits per heavy atom. The van der Waals surface area contributed by atoms with Crippen LogP contribution in [0.15, 0.2) is 48.5 Å². The van der Waals surface area contributed by atoms with Crippen molar-refractivity contribution in [1.82, 2.24) is 0 Å². The van der Waals surface area contributed by atoms with Crippen molar-refractivity contribution in [3.8, 4) is 5.75 Å². The van der Waals surface area contributed by atoms with Gasteiger partial charge in [-0.15, -0.1) is 0 Å². The molecule has 1 amide bonds. The molecule has 0 aromatic heterocycles. The van der Waals surface area contributed by atoms with Gasteiger partial charge in [0.05, 0.1) is 13.7 Å². The SMILES string of the molecule is CCOc1ccc(C[NH+](C)[C@@H](C)C(=O)Nc2ccc(CC)cc2)cc1. The number of likely N-dealkylation sites (N-methyl/N-ethyl adjacent to an activating group) is 1. The van der Waals surface area contributed by atoms with E-state index in [4.69, 9.17) is 4.74 Å². The monoisotopic (exact) mass is 341 g/mol. The van der Waals surface area contributed by atoms with E-state index in [9.17, 15) is 4.79 Å². The molecule has 134 valence electrons. The summed E-state index contributed by atoms with van der Waals surface area (Å²) in [6.45, 7) is 7.51. The van der Waals surface area contributed by atoms with Crippen LogP contribution in [0.25, 0.3) is 0 Å². The number of anilines is 1. The third-order valence-corrected chi connectivity index (χ3v) is 4.48. The van der Waals surface area contributed by atoms with Crippen LogP contribution in [-0.2, 0) is 17.8 Å². The molecule has 2 aromatic rings. The van der Waals surface area contributed by atoms with Crippen LogP contribution in [0.4, 0.5) is 5.69 Å². The first kappa shape index (κ1) is 19.0. The lowest BCUT2D eigenvalue weighted by Crippen LogP contribution is -3.12. The summed E-state index contributed by atoms with van der Waals surface area (Å²) in [7, 11) is 2.04. The molecule has 2 rings (SSSR count). The molecule has 4 heteroatoms. The molecular weight excluding hydrogens is 312 g/mol. The average molecular weight is 341 g/mol. The van der Waals surface area contributed by atoms with Crippen molar-refractivity contribution in [2.75, 3.05) is 19.0 Å². The van der Waals surface area contributed by atoms with Gasteiger partial charge in [0.25, 0.3) is 5.91 Å². The molecule has 0 aliphatic carbocycles. The van der Waals surface area contributed by atoms with Crippen LogP contribution in [0.1, 0.15) is 31.9 Å². The fraction of sp³-hybridized carbons (Fsp3) is 0.381. The van der Waals surface area contributed by atoms with E-state index in [1.807, 2.05) is 45.2 Å². The van der Waals surface area contributed by atoms with Crippen LogP contribution < -0.4 is 15.0 Å². The largest absolute Gasteiger partial charge is 0.494 e. The maximum absolute atomic E-state index is 12.5. The highest BCUT2D eigenvalue weighted by Crippen LogP contribution is 2.12. The lowest BCUT2D eigenvalue weighted by Gasteiger charge is -2.21. The standard InChI is InChI=1S/C21H28N2O2/c1-5-17-7-11-19(12-8-17)22-21(24)16(3)23(4)15-18-9-13-20(14-10-18)25-6-2/h7-14,16H,5-6,15H2,1-4H3,(H,22,24)/p+1/t16-/m0/s1. The second-order valence-electron chi connectivity index (χ2n) is 6.36. The first-order valence-electron chi connectivity index (χ1n) is 8.97. The van der Waals surface area contributed by atoms with Crippen molar-refractivity contribution in [2.24, 2.45) is 0 Å². The Bertz CT molecular complexity index is 665. The predicted molar refractivity (Wildman–Crippen MR) is 102 cm³/mol. The van der Waals surface area contributed by atoms with E-state index in [1.54, 1.807) is 0 Å². The van der Waals surface area contributed by atoms with Crippen LogP contribution >= 0.6 is 0 Å². The van der Waals surface area contributed by atoms with Gasteiger partial charge in [0.1, 0.15) is 12.3 Å². The second-order valence-corrected chi connectivity index (χ2v) is 6.36. The summed E-state index contributed by atoms with van der Waals surface area (Å²) in [6, 6.07) is 16.0. The Hall–Kier alpha value is -2.33. The first-order valence-corrected chi connectivity index (χ1v) is 8.97. The van der Waals surface area contributed by atoms with Gasteiger partial charge in [0.15, 0.2) is 6.04 Å². The number of hydrogen-bond donors (Lipinski definition) is 2. The number of carbonyl (C=O) groups excluding carboxylic acids is 1. The van der Waals surface area contributed by atoms with Gasteiger partial charge in [0.2, 0.25) is 0 Å². The van der Waals surface area contributed by atoms with E-state index < -0.39 is 0 Å². The van der Waals surface area contributed by atoms with Crippen molar-refractivity contribution >= 4 is 11.6 Å². The number of rotatable bonds is 8. The third-order valence-electron chi connectivity index (χ3n) is 4.48. The van der Waals surface area contributed by atoms with Crippen LogP contribution in [0.5, 0.6) is 5.75 Å². The fourth-order valence-corrected chi connectivity index (χ4v) is 2.64.